The standard InChI is InChI=1S/C14H15F/c1-3-11-4-5-13(9-11)12-6-7-14(15)10(2)8-12/h5-9H,3-4H2,1-2H3. The van der Waals surface area contributed by atoms with Gasteiger partial charge in [0.2, 0.25) is 0 Å². The summed E-state index contributed by atoms with van der Waals surface area (Å²) >= 11 is 0. The van der Waals surface area contributed by atoms with Gasteiger partial charge in [0.1, 0.15) is 5.82 Å². The second-order valence-electron chi connectivity index (χ2n) is 3.98. The number of allylic oxidation sites excluding steroid dienone is 4. The van der Waals surface area contributed by atoms with Crippen LogP contribution in [0.4, 0.5) is 4.39 Å². The molecule has 0 N–H and O–H groups in total. The minimum Gasteiger partial charge on any atom is -0.207 e. The molecule has 0 saturated heterocycles. The number of aryl methyl sites for hydroxylation is 1. The van der Waals surface area contributed by atoms with Crippen LogP contribution in [0.3, 0.4) is 0 Å². The minimum absolute atomic E-state index is 0.128. The topological polar surface area (TPSA) is 0 Å². The molecule has 0 heterocycles. The summed E-state index contributed by atoms with van der Waals surface area (Å²) in [6.07, 6.45) is 6.57. The fourth-order valence-electron chi connectivity index (χ4n) is 1.85. The van der Waals surface area contributed by atoms with E-state index in [0.717, 1.165) is 18.4 Å². The molecular formula is C14H15F. The summed E-state index contributed by atoms with van der Waals surface area (Å²) in [6.45, 7) is 3.97. The van der Waals surface area contributed by atoms with Gasteiger partial charge in [0.15, 0.2) is 0 Å². The zero-order valence-corrected chi connectivity index (χ0v) is 9.18. The Hall–Kier alpha value is -1.37. The third-order valence-electron chi connectivity index (χ3n) is 2.89. The van der Waals surface area contributed by atoms with Crippen molar-refractivity contribution in [3.63, 3.8) is 0 Å². The second kappa shape index (κ2) is 4.01. The summed E-state index contributed by atoms with van der Waals surface area (Å²) in [5.41, 5.74) is 4.52. The van der Waals surface area contributed by atoms with Gasteiger partial charge in [0.05, 0.1) is 0 Å². The molecule has 2 rings (SSSR count). The molecule has 1 aromatic carbocycles. The molecular weight excluding hydrogens is 187 g/mol. The van der Waals surface area contributed by atoms with Crippen molar-refractivity contribution in [3.8, 4) is 0 Å². The van der Waals surface area contributed by atoms with E-state index >= 15 is 0 Å². The average Bonchev–Trinajstić information content (AvgIpc) is 2.70. The lowest BCUT2D eigenvalue weighted by atomic mass is 10.0. The van der Waals surface area contributed by atoms with Gasteiger partial charge < -0.3 is 0 Å². The largest absolute Gasteiger partial charge is 0.207 e. The van der Waals surface area contributed by atoms with Gasteiger partial charge in [-0.1, -0.05) is 30.7 Å². The molecule has 1 heteroatoms. The maximum atomic E-state index is 13.1. The van der Waals surface area contributed by atoms with Crippen molar-refractivity contribution in [3.05, 3.63) is 52.9 Å². The Balaban J connectivity index is 2.32. The Morgan fingerprint density at radius 1 is 1.33 bits per heavy atom. The first-order valence-electron chi connectivity index (χ1n) is 5.37. The third-order valence-corrected chi connectivity index (χ3v) is 2.89. The zero-order chi connectivity index (χ0) is 10.8. The van der Waals surface area contributed by atoms with Crippen LogP contribution in [-0.2, 0) is 0 Å². The van der Waals surface area contributed by atoms with E-state index in [9.17, 15) is 4.39 Å². The lowest BCUT2D eigenvalue weighted by Crippen LogP contribution is -1.85. The van der Waals surface area contributed by atoms with Crippen molar-refractivity contribution >= 4 is 5.57 Å². The predicted octanol–water partition coefficient (Wildman–Crippen LogP) is 4.26. The van der Waals surface area contributed by atoms with E-state index in [1.807, 2.05) is 12.1 Å². The van der Waals surface area contributed by atoms with Crippen LogP contribution in [0.25, 0.3) is 5.57 Å². The molecule has 0 radical (unpaired) electrons. The third kappa shape index (κ3) is 2.01. The van der Waals surface area contributed by atoms with Gasteiger partial charge >= 0.3 is 0 Å². The van der Waals surface area contributed by atoms with Gasteiger partial charge in [0, 0.05) is 0 Å². The first-order chi connectivity index (χ1) is 7.20. The SMILES string of the molecule is CCC1=CC(c2ccc(F)c(C)c2)=CC1. The van der Waals surface area contributed by atoms with Crippen LogP contribution in [0.15, 0.2) is 35.9 Å². The van der Waals surface area contributed by atoms with Crippen LogP contribution < -0.4 is 0 Å². The predicted molar refractivity (Wildman–Crippen MR) is 62.1 cm³/mol. The van der Waals surface area contributed by atoms with Crippen molar-refractivity contribution in [2.75, 3.05) is 0 Å². The van der Waals surface area contributed by atoms with E-state index in [-0.39, 0.29) is 5.82 Å². The number of benzene rings is 1. The maximum absolute atomic E-state index is 13.1. The zero-order valence-electron chi connectivity index (χ0n) is 9.18. The Morgan fingerprint density at radius 3 is 2.73 bits per heavy atom. The first kappa shape index (κ1) is 10.2. The Kier molecular flexibility index (Phi) is 2.72. The quantitative estimate of drug-likeness (QED) is 0.672. The minimum atomic E-state index is -0.128. The molecule has 78 valence electrons. The molecule has 1 aromatic rings. The van der Waals surface area contributed by atoms with Gasteiger partial charge in [0.25, 0.3) is 0 Å². The van der Waals surface area contributed by atoms with E-state index < -0.39 is 0 Å². The summed E-state index contributed by atoms with van der Waals surface area (Å²) in [5, 5.41) is 0. The molecule has 0 amide bonds. The molecule has 0 aromatic heterocycles. The number of hydrogen-bond acceptors (Lipinski definition) is 0. The molecule has 1 aliphatic carbocycles. The van der Waals surface area contributed by atoms with E-state index in [0.29, 0.717) is 5.56 Å². The van der Waals surface area contributed by atoms with Crippen LogP contribution in [-0.4, -0.2) is 0 Å². The molecule has 1 aliphatic rings. The molecule has 0 bridgehead atoms. The summed E-state index contributed by atoms with van der Waals surface area (Å²) in [4.78, 5) is 0. The molecule has 0 spiro atoms. The van der Waals surface area contributed by atoms with Crippen molar-refractivity contribution in [1.29, 1.82) is 0 Å². The van der Waals surface area contributed by atoms with Crippen LogP contribution in [0.1, 0.15) is 30.9 Å². The molecule has 0 unspecified atom stereocenters. The second-order valence-corrected chi connectivity index (χ2v) is 3.98. The van der Waals surface area contributed by atoms with Crippen LogP contribution in [0, 0.1) is 12.7 Å². The number of hydrogen-bond donors (Lipinski definition) is 0. The Morgan fingerprint density at radius 2 is 2.13 bits per heavy atom. The number of halogens is 1. The number of rotatable bonds is 2. The van der Waals surface area contributed by atoms with Gasteiger partial charge in [-0.25, -0.2) is 4.39 Å². The summed E-state index contributed by atoms with van der Waals surface area (Å²) in [5.74, 6) is -0.128. The van der Waals surface area contributed by atoms with Crippen LogP contribution >= 0.6 is 0 Å². The van der Waals surface area contributed by atoms with E-state index in [1.54, 1.807) is 13.0 Å². The smallest absolute Gasteiger partial charge is 0.126 e. The average molecular weight is 202 g/mol. The highest BCUT2D eigenvalue weighted by Gasteiger charge is 2.08. The highest BCUT2D eigenvalue weighted by Crippen LogP contribution is 2.28. The highest BCUT2D eigenvalue weighted by molar-refractivity contribution is 5.77. The van der Waals surface area contributed by atoms with Gasteiger partial charge in [-0.3, -0.25) is 0 Å². The lowest BCUT2D eigenvalue weighted by Gasteiger charge is -2.02. The molecule has 15 heavy (non-hydrogen) atoms. The van der Waals surface area contributed by atoms with E-state index in [1.165, 1.54) is 11.1 Å². The Labute approximate surface area is 90.1 Å². The van der Waals surface area contributed by atoms with Crippen molar-refractivity contribution < 1.29 is 4.39 Å². The normalized spacial score (nSPS) is 15.1. The lowest BCUT2D eigenvalue weighted by molar-refractivity contribution is 0.618. The molecule has 0 fully saturated rings. The molecule has 0 nitrogen and oxygen atoms in total. The molecule has 0 aliphatic heterocycles. The van der Waals surface area contributed by atoms with Crippen LogP contribution in [0.2, 0.25) is 0 Å². The molecule has 0 saturated carbocycles. The van der Waals surface area contributed by atoms with Crippen molar-refractivity contribution in [2.24, 2.45) is 0 Å². The monoisotopic (exact) mass is 202 g/mol. The van der Waals surface area contributed by atoms with E-state index in [2.05, 4.69) is 19.1 Å². The van der Waals surface area contributed by atoms with Crippen molar-refractivity contribution in [2.45, 2.75) is 26.7 Å². The fraction of sp³-hybridized carbons (Fsp3) is 0.286. The van der Waals surface area contributed by atoms with E-state index in [4.69, 9.17) is 0 Å². The van der Waals surface area contributed by atoms with Crippen LogP contribution in [0.5, 0.6) is 0 Å². The highest BCUT2D eigenvalue weighted by atomic mass is 19.1. The molecule has 0 atom stereocenters. The van der Waals surface area contributed by atoms with Gasteiger partial charge in [-0.15, -0.1) is 0 Å². The van der Waals surface area contributed by atoms with Gasteiger partial charge in [-0.05, 0) is 48.6 Å². The summed E-state index contributed by atoms with van der Waals surface area (Å²) in [7, 11) is 0. The summed E-state index contributed by atoms with van der Waals surface area (Å²) in [6, 6.07) is 5.31. The Bertz CT molecular complexity index is 439. The van der Waals surface area contributed by atoms with Crippen molar-refractivity contribution in [1.82, 2.24) is 0 Å². The summed E-state index contributed by atoms with van der Waals surface area (Å²) < 4.78 is 13.1. The fourth-order valence-corrected chi connectivity index (χ4v) is 1.85. The maximum Gasteiger partial charge on any atom is 0.126 e. The first-order valence-corrected chi connectivity index (χ1v) is 5.37. The van der Waals surface area contributed by atoms with Gasteiger partial charge in [-0.2, -0.15) is 0 Å².